The number of hydrogen-bond donors (Lipinski definition) is 6. The fourth-order valence-corrected chi connectivity index (χ4v) is 8.15. The number of fused-ring (bicyclic) bond motifs is 1. The monoisotopic (exact) mass is 870 g/mol. The first-order chi connectivity index (χ1) is 26.2. The lowest BCUT2D eigenvalue weighted by atomic mass is 10.0. The number of carbonyl (C=O) groups excluding carboxylic acids is 7. The number of hydrazine groups is 1. The van der Waals surface area contributed by atoms with Crippen LogP contribution in [0.2, 0.25) is 0 Å². The number of rotatable bonds is 13. The van der Waals surface area contributed by atoms with Crippen LogP contribution in [0, 0.1) is 0 Å². The SMILES string of the molecule is CC(=O)Oc1ccc(C(=O)NC(=O)NNC(=O)CON=C(C(=O)NC2C(=O)N3C(C(=O)O)=C(CSc4nncs4)CS[C@H]23)c2csc(N)n2)cc1OC(C)=O.Cl. The molecule has 1 aromatic carbocycles. The molecule has 0 radical (unpaired) electrons. The topological polar surface area (TPSA) is 313 Å². The highest BCUT2D eigenvalue weighted by molar-refractivity contribution is 8.01. The Morgan fingerprint density at radius 1 is 1.07 bits per heavy atom. The van der Waals surface area contributed by atoms with E-state index in [0.717, 1.165) is 36.2 Å². The molecule has 1 saturated heterocycles. The van der Waals surface area contributed by atoms with Crippen molar-refractivity contribution in [2.75, 3.05) is 23.8 Å². The van der Waals surface area contributed by atoms with Gasteiger partial charge in [-0.1, -0.05) is 28.3 Å². The number of imide groups is 1. The molecule has 0 aliphatic carbocycles. The molecule has 1 fully saturated rings. The van der Waals surface area contributed by atoms with Gasteiger partial charge in [-0.15, -0.1) is 45.7 Å². The number of aromatic nitrogens is 3. The molecule has 5 rings (SSSR count). The number of nitrogens with two attached hydrogens (primary N) is 1. The summed E-state index contributed by atoms with van der Waals surface area (Å²) in [6, 6.07) is 1.06. The van der Waals surface area contributed by atoms with Crippen molar-refractivity contribution in [2.45, 2.75) is 29.6 Å². The van der Waals surface area contributed by atoms with Gasteiger partial charge in [-0.25, -0.2) is 20.0 Å². The molecule has 56 heavy (non-hydrogen) atoms. The molecule has 2 atom stereocenters. The van der Waals surface area contributed by atoms with Crippen LogP contribution in [0.15, 0.2) is 49.9 Å². The number of benzene rings is 1. The molecule has 6 amide bonds. The van der Waals surface area contributed by atoms with E-state index in [1.54, 1.807) is 5.51 Å². The smallest absolute Gasteiger partial charge is 0.352 e. The molecule has 4 heterocycles. The van der Waals surface area contributed by atoms with Crippen LogP contribution < -0.4 is 36.7 Å². The molecule has 27 heteroatoms. The number of esters is 2. The van der Waals surface area contributed by atoms with E-state index in [1.165, 1.54) is 52.4 Å². The summed E-state index contributed by atoms with van der Waals surface area (Å²) in [5.41, 5.74) is 10.7. The van der Waals surface area contributed by atoms with Crippen molar-refractivity contribution >= 4 is 117 Å². The van der Waals surface area contributed by atoms with Crippen LogP contribution in [-0.2, 0) is 33.6 Å². The lowest BCUT2D eigenvalue weighted by Crippen LogP contribution is -2.71. The second-order valence-corrected chi connectivity index (χ2v) is 14.8. The minimum Gasteiger partial charge on any atom is -0.477 e. The zero-order valence-electron chi connectivity index (χ0n) is 28.5. The van der Waals surface area contributed by atoms with E-state index in [-0.39, 0.29) is 57.5 Å². The van der Waals surface area contributed by atoms with Gasteiger partial charge in [0.05, 0.1) is 0 Å². The number of anilines is 1. The summed E-state index contributed by atoms with van der Waals surface area (Å²) < 4.78 is 10.5. The van der Waals surface area contributed by atoms with Crippen LogP contribution in [0.1, 0.15) is 29.9 Å². The molecule has 22 nitrogen and oxygen atoms in total. The van der Waals surface area contributed by atoms with Gasteiger partial charge in [-0.05, 0) is 23.8 Å². The van der Waals surface area contributed by atoms with E-state index >= 15 is 0 Å². The van der Waals surface area contributed by atoms with Gasteiger partial charge in [-0.3, -0.25) is 44.4 Å². The fourth-order valence-electron chi connectivity index (χ4n) is 4.63. The normalized spacial score (nSPS) is 15.9. The number of halogens is 1. The minimum atomic E-state index is -1.30. The van der Waals surface area contributed by atoms with E-state index in [1.807, 2.05) is 16.2 Å². The summed E-state index contributed by atoms with van der Waals surface area (Å²) in [4.78, 5) is 109. The van der Waals surface area contributed by atoms with Gasteiger partial charge in [0, 0.05) is 36.3 Å². The highest BCUT2D eigenvalue weighted by Gasteiger charge is 2.54. The first-order valence-corrected chi connectivity index (χ1v) is 18.9. The van der Waals surface area contributed by atoms with E-state index in [4.69, 9.17) is 20.0 Å². The number of thiazole rings is 1. The van der Waals surface area contributed by atoms with Crippen LogP contribution >= 0.6 is 58.6 Å². The number of nitrogens with zero attached hydrogens (tertiary/aromatic N) is 5. The quantitative estimate of drug-likeness (QED) is 0.0335. The first kappa shape index (κ1) is 42.9. The van der Waals surface area contributed by atoms with Gasteiger partial charge in [0.15, 0.2) is 33.3 Å². The third-order valence-electron chi connectivity index (χ3n) is 6.83. The van der Waals surface area contributed by atoms with Gasteiger partial charge in [0.2, 0.25) is 0 Å². The Hall–Kier alpha value is -5.83. The Bertz CT molecular complexity index is 2130. The van der Waals surface area contributed by atoms with Crippen molar-refractivity contribution in [3.8, 4) is 11.5 Å². The highest BCUT2D eigenvalue weighted by Crippen LogP contribution is 2.41. The van der Waals surface area contributed by atoms with Gasteiger partial charge >= 0.3 is 23.9 Å². The Labute approximate surface area is 336 Å². The second kappa shape index (κ2) is 19.2. The molecule has 0 spiro atoms. The summed E-state index contributed by atoms with van der Waals surface area (Å²) in [6.07, 6.45) is 0. The number of carbonyl (C=O) groups is 8. The van der Waals surface area contributed by atoms with Crippen LogP contribution in [-0.4, -0.2) is 108 Å². The first-order valence-electron chi connectivity index (χ1n) is 15.1. The molecule has 296 valence electrons. The number of ether oxygens (including phenoxy) is 2. The maximum Gasteiger partial charge on any atom is 0.352 e. The Morgan fingerprint density at radius 2 is 1.80 bits per heavy atom. The average Bonchev–Trinajstić information content (AvgIpc) is 3.82. The minimum absolute atomic E-state index is 0. The zero-order chi connectivity index (χ0) is 39.8. The van der Waals surface area contributed by atoms with E-state index < -0.39 is 71.3 Å². The number of β-lactam (4-membered cyclic amide) rings is 1. The summed E-state index contributed by atoms with van der Waals surface area (Å²) in [6.45, 7) is 1.33. The Morgan fingerprint density at radius 3 is 2.45 bits per heavy atom. The van der Waals surface area contributed by atoms with Crippen molar-refractivity contribution in [1.29, 1.82) is 0 Å². The predicted octanol–water partition coefficient (Wildman–Crippen LogP) is 0.272. The summed E-state index contributed by atoms with van der Waals surface area (Å²) in [5, 5.41) is 26.4. The van der Waals surface area contributed by atoms with Crippen molar-refractivity contribution in [1.82, 2.24) is 41.6 Å². The van der Waals surface area contributed by atoms with Crippen molar-refractivity contribution in [2.24, 2.45) is 5.16 Å². The lowest BCUT2D eigenvalue weighted by Gasteiger charge is -2.49. The highest BCUT2D eigenvalue weighted by atomic mass is 35.5. The molecular weight excluding hydrogens is 844 g/mol. The molecule has 2 aliphatic rings. The number of carboxylic acid groups (broad SMARTS) is 1. The van der Waals surface area contributed by atoms with E-state index in [2.05, 4.69) is 25.7 Å². The fraction of sp³-hybridized carbons (Fsp3) is 0.241. The Kier molecular flexibility index (Phi) is 14.7. The van der Waals surface area contributed by atoms with Crippen LogP contribution in [0.25, 0.3) is 0 Å². The lowest BCUT2D eigenvalue weighted by molar-refractivity contribution is -0.150. The van der Waals surface area contributed by atoms with Crippen molar-refractivity contribution < 1.29 is 57.8 Å². The Balaban J connectivity index is 0.00000696. The summed E-state index contributed by atoms with van der Waals surface area (Å²) >= 11 is 4.79. The standard InChI is InChI=1S/C29H26N10O12S4.ClH/c1-11(40)50-16-4-3-13(5-17(16)51-12(2)41)22(43)34-28(48)36-35-18(42)6-49-38-19(15-9-53-27(30)32-15)23(44)33-20-24(45)39-21(26(46)47)14(7-52-25(20)39)8-54-29-37-31-10-55-29;/h3-5,9-10,20,25H,6-8H2,1-2H3,(H2,30,32)(H,33,44)(H,35,42)(H,46,47)(H2,34,36,43,48);1H/t20?,25-;/m1./s1. The van der Waals surface area contributed by atoms with Crippen LogP contribution in [0.3, 0.4) is 0 Å². The maximum absolute atomic E-state index is 13.4. The molecule has 3 aromatic rings. The van der Waals surface area contributed by atoms with Crippen molar-refractivity contribution in [3.63, 3.8) is 0 Å². The van der Waals surface area contributed by atoms with Crippen LogP contribution in [0.5, 0.6) is 11.5 Å². The predicted molar refractivity (Wildman–Crippen MR) is 200 cm³/mol. The van der Waals surface area contributed by atoms with Crippen LogP contribution in [0.4, 0.5) is 9.93 Å². The molecule has 7 N–H and O–H groups in total. The number of nitrogens with one attached hydrogen (secondary N) is 4. The molecule has 2 aliphatic heterocycles. The number of amides is 6. The molecule has 2 aromatic heterocycles. The second-order valence-electron chi connectivity index (χ2n) is 10.7. The third-order valence-corrected chi connectivity index (χ3v) is 10.8. The summed E-state index contributed by atoms with van der Waals surface area (Å²) in [5.74, 6) is -6.30. The van der Waals surface area contributed by atoms with Crippen molar-refractivity contribution in [3.05, 3.63) is 51.6 Å². The largest absolute Gasteiger partial charge is 0.477 e. The number of thioether (sulfide) groups is 2. The maximum atomic E-state index is 13.4. The summed E-state index contributed by atoms with van der Waals surface area (Å²) in [7, 11) is 0. The van der Waals surface area contributed by atoms with Gasteiger partial charge in [0.25, 0.3) is 23.6 Å². The average molecular weight is 871 g/mol. The molecule has 0 bridgehead atoms. The number of nitrogen functional groups attached to an aromatic ring is 1. The number of urea groups is 1. The molecule has 0 saturated carbocycles. The number of oxime groups is 1. The van der Waals surface area contributed by atoms with Gasteiger partial charge in [-0.2, -0.15) is 0 Å². The van der Waals surface area contributed by atoms with E-state index in [0.29, 0.717) is 9.91 Å². The number of aliphatic carboxylic acids is 1. The number of hydrogen-bond acceptors (Lipinski definition) is 20. The number of carboxylic acids is 1. The third kappa shape index (κ3) is 10.7. The molecule has 1 unspecified atom stereocenters. The molecular formula is C29H27ClN10O12S4. The van der Waals surface area contributed by atoms with E-state index in [9.17, 15) is 43.5 Å². The zero-order valence-corrected chi connectivity index (χ0v) is 32.5. The van der Waals surface area contributed by atoms with Gasteiger partial charge < -0.3 is 30.5 Å². The van der Waals surface area contributed by atoms with Gasteiger partial charge in [0.1, 0.15) is 28.3 Å².